The quantitative estimate of drug-likeness (QED) is 0.536. The molecule has 0 amide bonds. The largest absolute Gasteiger partial charge is 0.395 e. The van der Waals surface area contributed by atoms with Crippen LogP contribution in [0.2, 0.25) is 0 Å². The number of hydrogen-bond donors (Lipinski definition) is 2. The lowest BCUT2D eigenvalue weighted by molar-refractivity contribution is 0.175. The van der Waals surface area contributed by atoms with Gasteiger partial charge in [-0.15, -0.1) is 0 Å². The van der Waals surface area contributed by atoms with Crippen molar-refractivity contribution in [1.82, 2.24) is 0 Å². The molecule has 48 valence electrons. The molecule has 0 aromatic carbocycles. The van der Waals surface area contributed by atoms with Gasteiger partial charge in [-0.1, -0.05) is 6.42 Å². The standard InChI is InChI=1S/C6H13NO/c7-6(4-8)5-2-1-3-5/h5-6,8H,1-4,7H2. The van der Waals surface area contributed by atoms with E-state index >= 15 is 0 Å². The number of aliphatic hydroxyl groups is 1. The van der Waals surface area contributed by atoms with Gasteiger partial charge in [0.1, 0.15) is 0 Å². The van der Waals surface area contributed by atoms with Crippen molar-refractivity contribution in [1.29, 1.82) is 0 Å². The maximum absolute atomic E-state index is 8.55. The molecule has 0 aromatic rings. The van der Waals surface area contributed by atoms with Crippen LogP contribution in [0, 0.1) is 5.92 Å². The molecular formula is C6H13NO. The zero-order valence-corrected chi connectivity index (χ0v) is 5.01. The first-order valence-electron chi connectivity index (χ1n) is 3.21. The van der Waals surface area contributed by atoms with E-state index in [1.54, 1.807) is 0 Å². The number of hydrogen-bond acceptors (Lipinski definition) is 2. The first kappa shape index (κ1) is 6.05. The lowest BCUT2D eigenvalue weighted by Crippen LogP contribution is -2.37. The van der Waals surface area contributed by atoms with Crippen molar-refractivity contribution in [3.63, 3.8) is 0 Å². The average Bonchev–Trinajstić information content (AvgIpc) is 1.62. The summed E-state index contributed by atoms with van der Waals surface area (Å²) in [6.45, 7) is 0.157. The fourth-order valence-corrected chi connectivity index (χ4v) is 1.02. The van der Waals surface area contributed by atoms with Gasteiger partial charge in [-0.05, 0) is 18.8 Å². The Morgan fingerprint density at radius 1 is 1.62 bits per heavy atom. The summed E-state index contributed by atoms with van der Waals surface area (Å²) >= 11 is 0. The number of rotatable bonds is 2. The Bertz CT molecular complexity index is 68.2. The fourth-order valence-electron chi connectivity index (χ4n) is 1.02. The van der Waals surface area contributed by atoms with Crippen LogP contribution in [0.3, 0.4) is 0 Å². The number of aliphatic hydroxyl groups excluding tert-OH is 1. The Morgan fingerprint density at radius 2 is 2.25 bits per heavy atom. The summed E-state index contributed by atoms with van der Waals surface area (Å²) in [5, 5.41) is 8.55. The summed E-state index contributed by atoms with van der Waals surface area (Å²) in [6, 6.07) is 0.0590. The van der Waals surface area contributed by atoms with Crippen molar-refractivity contribution in [2.24, 2.45) is 11.7 Å². The van der Waals surface area contributed by atoms with Crippen LogP contribution in [0.15, 0.2) is 0 Å². The summed E-state index contributed by atoms with van der Waals surface area (Å²) in [5.41, 5.74) is 5.53. The summed E-state index contributed by atoms with van der Waals surface area (Å²) in [6.07, 6.45) is 3.75. The molecule has 8 heavy (non-hydrogen) atoms. The molecule has 1 unspecified atom stereocenters. The second kappa shape index (κ2) is 2.46. The van der Waals surface area contributed by atoms with Gasteiger partial charge in [0.25, 0.3) is 0 Å². The first-order chi connectivity index (χ1) is 3.84. The van der Waals surface area contributed by atoms with Crippen molar-refractivity contribution in [3.05, 3.63) is 0 Å². The van der Waals surface area contributed by atoms with Crippen LogP contribution >= 0.6 is 0 Å². The minimum absolute atomic E-state index is 0.0590. The van der Waals surface area contributed by atoms with Gasteiger partial charge in [-0.2, -0.15) is 0 Å². The van der Waals surface area contributed by atoms with Gasteiger partial charge in [-0.3, -0.25) is 0 Å². The van der Waals surface area contributed by atoms with Crippen LogP contribution in [0.1, 0.15) is 19.3 Å². The van der Waals surface area contributed by atoms with E-state index in [1.165, 1.54) is 19.3 Å². The Kier molecular flexibility index (Phi) is 1.86. The Morgan fingerprint density at radius 3 is 2.38 bits per heavy atom. The van der Waals surface area contributed by atoms with Gasteiger partial charge in [0.05, 0.1) is 6.61 Å². The molecule has 0 aromatic heterocycles. The first-order valence-corrected chi connectivity index (χ1v) is 3.21. The van der Waals surface area contributed by atoms with E-state index in [4.69, 9.17) is 10.8 Å². The second-order valence-electron chi connectivity index (χ2n) is 2.54. The summed E-state index contributed by atoms with van der Waals surface area (Å²) < 4.78 is 0. The molecule has 1 aliphatic carbocycles. The van der Waals surface area contributed by atoms with Crippen molar-refractivity contribution < 1.29 is 5.11 Å². The van der Waals surface area contributed by atoms with E-state index in [9.17, 15) is 0 Å². The SMILES string of the molecule is NC(CO)C1CCC1. The summed E-state index contributed by atoms with van der Waals surface area (Å²) in [7, 11) is 0. The van der Waals surface area contributed by atoms with Crippen molar-refractivity contribution in [3.8, 4) is 0 Å². The molecule has 1 atom stereocenters. The zero-order chi connectivity index (χ0) is 5.98. The topological polar surface area (TPSA) is 46.2 Å². The van der Waals surface area contributed by atoms with Gasteiger partial charge in [0.2, 0.25) is 0 Å². The van der Waals surface area contributed by atoms with Crippen LogP contribution < -0.4 is 5.73 Å². The van der Waals surface area contributed by atoms with Crippen molar-refractivity contribution in [2.75, 3.05) is 6.61 Å². The average molecular weight is 115 g/mol. The predicted octanol–water partition coefficient (Wildman–Crippen LogP) is 0.106. The van der Waals surface area contributed by atoms with Gasteiger partial charge in [0.15, 0.2) is 0 Å². The second-order valence-corrected chi connectivity index (χ2v) is 2.54. The minimum atomic E-state index is 0.0590. The molecule has 2 nitrogen and oxygen atoms in total. The third-order valence-corrected chi connectivity index (χ3v) is 1.97. The Balaban J connectivity index is 2.13. The van der Waals surface area contributed by atoms with Gasteiger partial charge in [0, 0.05) is 6.04 Å². The van der Waals surface area contributed by atoms with E-state index in [2.05, 4.69) is 0 Å². The van der Waals surface area contributed by atoms with Gasteiger partial charge < -0.3 is 10.8 Å². The molecule has 2 heteroatoms. The van der Waals surface area contributed by atoms with Crippen LogP contribution in [0.5, 0.6) is 0 Å². The Labute approximate surface area is 49.7 Å². The van der Waals surface area contributed by atoms with Gasteiger partial charge in [-0.25, -0.2) is 0 Å². The van der Waals surface area contributed by atoms with Crippen LogP contribution in [-0.2, 0) is 0 Å². The summed E-state index contributed by atoms with van der Waals surface area (Å²) in [5.74, 6) is 0.625. The highest BCUT2D eigenvalue weighted by molar-refractivity contribution is 4.78. The normalized spacial score (nSPS) is 24.8. The lowest BCUT2D eigenvalue weighted by atomic mass is 9.80. The van der Waals surface area contributed by atoms with E-state index in [-0.39, 0.29) is 12.6 Å². The van der Waals surface area contributed by atoms with E-state index < -0.39 is 0 Å². The lowest BCUT2D eigenvalue weighted by Gasteiger charge is -2.29. The molecule has 1 fully saturated rings. The molecule has 1 saturated carbocycles. The summed E-state index contributed by atoms with van der Waals surface area (Å²) in [4.78, 5) is 0. The molecule has 1 aliphatic rings. The molecule has 0 bridgehead atoms. The monoisotopic (exact) mass is 115 g/mol. The third kappa shape index (κ3) is 1.01. The molecular weight excluding hydrogens is 102 g/mol. The molecule has 0 aliphatic heterocycles. The maximum atomic E-state index is 8.55. The van der Waals surface area contributed by atoms with E-state index in [0.717, 1.165) is 0 Å². The van der Waals surface area contributed by atoms with Crippen molar-refractivity contribution >= 4 is 0 Å². The van der Waals surface area contributed by atoms with E-state index in [0.29, 0.717) is 5.92 Å². The molecule has 0 saturated heterocycles. The fraction of sp³-hybridized carbons (Fsp3) is 1.00. The molecule has 0 heterocycles. The van der Waals surface area contributed by atoms with Crippen molar-refractivity contribution in [2.45, 2.75) is 25.3 Å². The predicted molar refractivity (Wildman–Crippen MR) is 32.4 cm³/mol. The smallest absolute Gasteiger partial charge is 0.0585 e. The molecule has 1 rings (SSSR count). The minimum Gasteiger partial charge on any atom is -0.395 e. The zero-order valence-electron chi connectivity index (χ0n) is 5.01. The molecule has 0 radical (unpaired) electrons. The number of nitrogens with two attached hydrogens (primary N) is 1. The highest BCUT2D eigenvalue weighted by Gasteiger charge is 2.23. The maximum Gasteiger partial charge on any atom is 0.0585 e. The van der Waals surface area contributed by atoms with E-state index in [1.807, 2.05) is 0 Å². The highest BCUT2D eigenvalue weighted by Crippen LogP contribution is 2.28. The Hall–Kier alpha value is -0.0800. The van der Waals surface area contributed by atoms with Crippen LogP contribution in [-0.4, -0.2) is 17.8 Å². The third-order valence-electron chi connectivity index (χ3n) is 1.97. The highest BCUT2D eigenvalue weighted by atomic mass is 16.3. The van der Waals surface area contributed by atoms with Crippen LogP contribution in [0.4, 0.5) is 0 Å². The van der Waals surface area contributed by atoms with Crippen LogP contribution in [0.25, 0.3) is 0 Å². The molecule has 0 spiro atoms. The molecule has 3 N–H and O–H groups in total. The van der Waals surface area contributed by atoms with Gasteiger partial charge >= 0.3 is 0 Å².